The maximum Gasteiger partial charge on any atom is 0.279 e. The number of amides is 3. The van der Waals surface area contributed by atoms with Gasteiger partial charge in [-0.25, -0.2) is 0 Å². The summed E-state index contributed by atoms with van der Waals surface area (Å²) >= 11 is 1.43. The summed E-state index contributed by atoms with van der Waals surface area (Å²) in [6.45, 7) is 2.00. The highest BCUT2D eigenvalue weighted by Gasteiger charge is 2.30. The van der Waals surface area contributed by atoms with E-state index in [9.17, 15) is 14.4 Å². The van der Waals surface area contributed by atoms with Crippen LogP contribution in [0.25, 0.3) is 10.2 Å². The van der Waals surface area contributed by atoms with Gasteiger partial charge in [0.2, 0.25) is 11.8 Å². The molecule has 148 valence electrons. The molecule has 1 fully saturated rings. The van der Waals surface area contributed by atoms with Crippen LogP contribution in [0.2, 0.25) is 0 Å². The lowest BCUT2D eigenvalue weighted by molar-refractivity contribution is -0.121. The number of hydrogen-bond acceptors (Lipinski definition) is 5. The lowest BCUT2D eigenvalue weighted by Gasteiger charge is -2.13. The average Bonchev–Trinajstić information content (AvgIpc) is 3.22. The lowest BCUT2D eigenvalue weighted by Crippen LogP contribution is -2.28. The Balaban J connectivity index is 1.70. The number of aromatic nitrogens is 1. The van der Waals surface area contributed by atoms with Crippen molar-refractivity contribution in [3.63, 3.8) is 0 Å². The Bertz CT molecular complexity index is 1210. The van der Waals surface area contributed by atoms with Crippen molar-refractivity contribution in [2.75, 3.05) is 12.0 Å². The summed E-state index contributed by atoms with van der Waals surface area (Å²) in [5.74, 6) is -0.113. The first-order chi connectivity index (χ1) is 13.9. The zero-order valence-electron chi connectivity index (χ0n) is 16.3. The van der Waals surface area contributed by atoms with Gasteiger partial charge in [-0.05, 0) is 42.8 Å². The highest BCUT2D eigenvalue weighted by Crippen LogP contribution is 2.29. The molecule has 0 aliphatic carbocycles. The SMILES string of the molecule is COc1ccc(C)c2sc(=NC(=O)c3ccc(N4C(=O)CCC4=O)cc3)n(C)c12. The molecule has 0 radical (unpaired) electrons. The van der Waals surface area contributed by atoms with E-state index >= 15 is 0 Å². The third-order valence-corrected chi connectivity index (χ3v) is 6.22. The molecule has 1 aliphatic heterocycles. The minimum absolute atomic E-state index is 0.222. The fourth-order valence-corrected chi connectivity index (χ4v) is 4.49. The topological polar surface area (TPSA) is 81.0 Å². The molecule has 7 nitrogen and oxygen atoms in total. The van der Waals surface area contributed by atoms with Crippen molar-refractivity contribution in [3.05, 3.63) is 52.3 Å². The van der Waals surface area contributed by atoms with Gasteiger partial charge in [-0.1, -0.05) is 17.4 Å². The summed E-state index contributed by atoms with van der Waals surface area (Å²) in [6, 6.07) is 10.2. The molecule has 4 rings (SSSR count). The van der Waals surface area contributed by atoms with Gasteiger partial charge in [0.15, 0.2) is 4.80 Å². The van der Waals surface area contributed by atoms with Crippen LogP contribution in [-0.4, -0.2) is 29.4 Å². The van der Waals surface area contributed by atoms with E-state index in [1.165, 1.54) is 11.3 Å². The molecule has 0 saturated carbocycles. The Hall–Kier alpha value is -3.26. The van der Waals surface area contributed by atoms with Crippen LogP contribution in [0.1, 0.15) is 28.8 Å². The average molecular weight is 409 g/mol. The molecule has 0 spiro atoms. The number of methoxy groups -OCH3 is 1. The molecule has 3 amide bonds. The Morgan fingerprint density at radius 3 is 2.34 bits per heavy atom. The maximum atomic E-state index is 12.7. The number of benzene rings is 2. The second-order valence-corrected chi connectivity index (χ2v) is 7.77. The first kappa shape index (κ1) is 19.1. The van der Waals surface area contributed by atoms with Gasteiger partial charge in [0.1, 0.15) is 11.3 Å². The predicted octanol–water partition coefficient (Wildman–Crippen LogP) is 2.95. The first-order valence-corrected chi connectivity index (χ1v) is 9.90. The van der Waals surface area contributed by atoms with E-state index in [1.54, 1.807) is 31.4 Å². The molecular weight excluding hydrogens is 390 g/mol. The van der Waals surface area contributed by atoms with E-state index in [4.69, 9.17) is 4.74 Å². The summed E-state index contributed by atoms with van der Waals surface area (Å²) in [5.41, 5.74) is 2.83. The van der Waals surface area contributed by atoms with Crippen LogP contribution >= 0.6 is 11.3 Å². The fraction of sp³-hybridized carbons (Fsp3) is 0.238. The number of fused-ring (bicyclic) bond motifs is 1. The summed E-state index contributed by atoms with van der Waals surface area (Å²) in [7, 11) is 3.46. The van der Waals surface area contributed by atoms with Crippen LogP contribution in [0.4, 0.5) is 5.69 Å². The molecule has 0 bridgehead atoms. The second-order valence-electron chi connectivity index (χ2n) is 6.79. The number of carbonyl (C=O) groups is 3. The Morgan fingerprint density at radius 2 is 1.72 bits per heavy atom. The molecule has 2 heterocycles. The van der Waals surface area contributed by atoms with Crippen LogP contribution in [-0.2, 0) is 16.6 Å². The number of thiazole rings is 1. The number of hydrogen-bond donors (Lipinski definition) is 0. The molecule has 2 aromatic carbocycles. The zero-order chi connectivity index (χ0) is 20.7. The van der Waals surface area contributed by atoms with Gasteiger partial charge in [-0.3, -0.25) is 19.3 Å². The van der Waals surface area contributed by atoms with E-state index < -0.39 is 5.91 Å². The molecule has 0 N–H and O–H groups in total. The summed E-state index contributed by atoms with van der Waals surface area (Å²) in [6.07, 6.45) is 0.445. The van der Waals surface area contributed by atoms with Gasteiger partial charge in [0.25, 0.3) is 5.91 Å². The molecule has 0 atom stereocenters. The molecule has 3 aromatic rings. The van der Waals surface area contributed by atoms with Gasteiger partial charge >= 0.3 is 0 Å². The van der Waals surface area contributed by atoms with E-state index in [0.29, 0.717) is 16.1 Å². The highest BCUT2D eigenvalue weighted by molar-refractivity contribution is 7.16. The number of aryl methyl sites for hydroxylation is 2. The second kappa shape index (κ2) is 7.29. The molecule has 29 heavy (non-hydrogen) atoms. The quantitative estimate of drug-likeness (QED) is 0.623. The predicted molar refractivity (Wildman–Crippen MR) is 110 cm³/mol. The molecule has 8 heteroatoms. The first-order valence-electron chi connectivity index (χ1n) is 9.08. The summed E-state index contributed by atoms with van der Waals surface area (Å²) in [5, 5.41) is 0. The van der Waals surface area contributed by atoms with E-state index in [0.717, 1.165) is 26.4 Å². The number of rotatable bonds is 3. The number of anilines is 1. The fourth-order valence-electron chi connectivity index (χ4n) is 3.39. The van der Waals surface area contributed by atoms with E-state index in [2.05, 4.69) is 4.99 Å². The van der Waals surface area contributed by atoms with Gasteiger partial charge < -0.3 is 9.30 Å². The van der Waals surface area contributed by atoms with Crippen molar-refractivity contribution in [3.8, 4) is 5.75 Å². The van der Waals surface area contributed by atoms with Crippen molar-refractivity contribution in [2.24, 2.45) is 12.0 Å². The standard InChI is InChI=1S/C21H19N3O4S/c1-12-4-9-15(28-3)18-19(12)29-21(23(18)2)22-20(27)13-5-7-14(8-6-13)24-16(25)10-11-17(24)26/h4-9H,10-11H2,1-3H3. The van der Waals surface area contributed by atoms with Crippen LogP contribution in [0, 0.1) is 6.92 Å². The highest BCUT2D eigenvalue weighted by atomic mass is 32.1. The number of nitrogens with zero attached hydrogens (tertiary/aromatic N) is 3. The molecule has 1 saturated heterocycles. The van der Waals surface area contributed by atoms with Crippen LogP contribution in [0.3, 0.4) is 0 Å². The lowest BCUT2D eigenvalue weighted by atomic mass is 10.2. The van der Waals surface area contributed by atoms with Crippen molar-refractivity contribution in [1.29, 1.82) is 0 Å². The number of ether oxygens (including phenoxy) is 1. The zero-order valence-corrected chi connectivity index (χ0v) is 17.1. The van der Waals surface area contributed by atoms with Gasteiger partial charge in [0.05, 0.1) is 17.5 Å². The smallest absolute Gasteiger partial charge is 0.279 e. The molecular formula is C21H19N3O4S. The monoisotopic (exact) mass is 409 g/mol. The number of imide groups is 1. The van der Waals surface area contributed by atoms with E-state index in [-0.39, 0.29) is 24.7 Å². The number of carbonyl (C=O) groups excluding carboxylic acids is 3. The largest absolute Gasteiger partial charge is 0.495 e. The minimum Gasteiger partial charge on any atom is -0.495 e. The van der Waals surface area contributed by atoms with Crippen molar-refractivity contribution < 1.29 is 19.1 Å². The van der Waals surface area contributed by atoms with Gasteiger partial charge in [-0.2, -0.15) is 4.99 Å². The van der Waals surface area contributed by atoms with Crippen molar-refractivity contribution in [1.82, 2.24) is 4.57 Å². The normalized spacial score (nSPS) is 14.9. The van der Waals surface area contributed by atoms with E-state index in [1.807, 2.05) is 30.7 Å². The van der Waals surface area contributed by atoms with Crippen molar-refractivity contribution in [2.45, 2.75) is 19.8 Å². The summed E-state index contributed by atoms with van der Waals surface area (Å²) in [4.78, 5) is 42.4. The van der Waals surface area contributed by atoms with Gasteiger partial charge in [0, 0.05) is 25.5 Å². The van der Waals surface area contributed by atoms with Gasteiger partial charge in [-0.15, -0.1) is 0 Å². The Morgan fingerprint density at radius 1 is 1.07 bits per heavy atom. The maximum absolute atomic E-state index is 12.7. The minimum atomic E-state index is -0.394. The summed E-state index contributed by atoms with van der Waals surface area (Å²) < 4.78 is 8.31. The van der Waals surface area contributed by atoms with Crippen LogP contribution in [0.5, 0.6) is 5.75 Å². The van der Waals surface area contributed by atoms with Crippen LogP contribution in [0.15, 0.2) is 41.4 Å². The van der Waals surface area contributed by atoms with Crippen LogP contribution < -0.4 is 14.4 Å². The molecule has 1 aliphatic rings. The van der Waals surface area contributed by atoms with Crippen molar-refractivity contribution >= 4 is 45.0 Å². The molecule has 1 aromatic heterocycles. The Labute approximate surface area is 170 Å². The molecule has 0 unspecified atom stereocenters. The third kappa shape index (κ3) is 3.25. The third-order valence-electron chi connectivity index (χ3n) is 4.95. The Kier molecular flexibility index (Phi) is 4.79.